The first kappa shape index (κ1) is 11.8. The van der Waals surface area contributed by atoms with E-state index in [4.69, 9.17) is 4.74 Å². The average molecular weight is 232 g/mol. The van der Waals surface area contributed by atoms with E-state index in [2.05, 4.69) is 10.3 Å². The van der Waals surface area contributed by atoms with Crippen LogP contribution in [0, 0.1) is 0 Å². The van der Waals surface area contributed by atoms with Crippen molar-refractivity contribution in [1.82, 2.24) is 0 Å². The number of carbonyl (C=O) groups is 1. The SMILES string of the molecule is COC[C@H](C)N=CC1C(=O)Nc2ccccc21. The molecule has 17 heavy (non-hydrogen) atoms. The van der Waals surface area contributed by atoms with Crippen molar-refractivity contribution in [2.24, 2.45) is 4.99 Å². The van der Waals surface area contributed by atoms with E-state index in [1.54, 1.807) is 13.3 Å². The van der Waals surface area contributed by atoms with Gasteiger partial charge in [-0.15, -0.1) is 0 Å². The second-order valence-electron chi connectivity index (χ2n) is 4.16. The van der Waals surface area contributed by atoms with E-state index in [0.717, 1.165) is 11.3 Å². The third-order valence-corrected chi connectivity index (χ3v) is 2.73. The first-order valence-electron chi connectivity index (χ1n) is 5.64. The van der Waals surface area contributed by atoms with E-state index in [0.29, 0.717) is 6.61 Å². The van der Waals surface area contributed by atoms with E-state index < -0.39 is 0 Å². The molecule has 0 bridgehead atoms. The van der Waals surface area contributed by atoms with Gasteiger partial charge in [-0.1, -0.05) is 18.2 Å². The molecule has 4 nitrogen and oxygen atoms in total. The number of methoxy groups -OCH3 is 1. The molecule has 90 valence electrons. The molecule has 0 saturated heterocycles. The minimum atomic E-state index is -0.273. The molecule has 4 heteroatoms. The van der Waals surface area contributed by atoms with E-state index in [9.17, 15) is 4.79 Å². The number of rotatable bonds is 4. The van der Waals surface area contributed by atoms with Crippen LogP contribution in [-0.4, -0.2) is 31.9 Å². The summed E-state index contributed by atoms with van der Waals surface area (Å²) in [6, 6.07) is 7.76. The summed E-state index contributed by atoms with van der Waals surface area (Å²) < 4.78 is 5.00. The Balaban J connectivity index is 2.14. The van der Waals surface area contributed by atoms with Gasteiger partial charge in [-0.25, -0.2) is 0 Å². The highest BCUT2D eigenvalue weighted by atomic mass is 16.5. The van der Waals surface area contributed by atoms with Gasteiger partial charge in [-0.05, 0) is 18.6 Å². The van der Waals surface area contributed by atoms with Crippen molar-refractivity contribution in [1.29, 1.82) is 0 Å². The predicted octanol–water partition coefficient (Wildman–Crippen LogP) is 1.83. The molecule has 1 aromatic rings. The molecule has 0 aliphatic carbocycles. The van der Waals surface area contributed by atoms with Gasteiger partial charge in [-0.2, -0.15) is 0 Å². The van der Waals surface area contributed by atoms with Gasteiger partial charge in [0.15, 0.2) is 0 Å². The zero-order valence-electron chi connectivity index (χ0n) is 10.0. The third kappa shape index (κ3) is 2.53. The topological polar surface area (TPSA) is 50.7 Å². The van der Waals surface area contributed by atoms with Crippen molar-refractivity contribution in [3.8, 4) is 0 Å². The summed E-state index contributed by atoms with van der Waals surface area (Å²) in [6.45, 7) is 2.52. The van der Waals surface area contributed by atoms with Crippen molar-refractivity contribution in [2.75, 3.05) is 19.0 Å². The molecule has 1 N–H and O–H groups in total. The monoisotopic (exact) mass is 232 g/mol. The Hall–Kier alpha value is -1.68. The maximum absolute atomic E-state index is 11.8. The lowest BCUT2D eigenvalue weighted by atomic mass is 10.0. The fourth-order valence-corrected chi connectivity index (χ4v) is 1.90. The van der Waals surface area contributed by atoms with Gasteiger partial charge in [0.1, 0.15) is 5.92 Å². The number of hydrogen-bond donors (Lipinski definition) is 1. The summed E-state index contributed by atoms with van der Waals surface area (Å²) >= 11 is 0. The first-order valence-corrected chi connectivity index (χ1v) is 5.64. The molecule has 1 aliphatic heterocycles. The van der Waals surface area contributed by atoms with Crippen LogP contribution in [0.4, 0.5) is 5.69 Å². The van der Waals surface area contributed by atoms with Gasteiger partial charge in [0.05, 0.1) is 12.6 Å². The lowest BCUT2D eigenvalue weighted by Crippen LogP contribution is -2.15. The van der Waals surface area contributed by atoms with E-state index in [-0.39, 0.29) is 17.9 Å². The highest BCUT2D eigenvalue weighted by Crippen LogP contribution is 2.30. The number of aliphatic imine (C=N–C) groups is 1. The zero-order valence-corrected chi connectivity index (χ0v) is 10.0. The Morgan fingerprint density at radius 1 is 1.53 bits per heavy atom. The summed E-state index contributed by atoms with van der Waals surface area (Å²) in [6.07, 6.45) is 1.71. The van der Waals surface area contributed by atoms with Crippen molar-refractivity contribution in [3.05, 3.63) is 29.8 Å². The molecule has 1 heterocycles. The highest BCUT2D eigenvalue weighted by Gasteiger charge is 2.28. The Morgan fingerprint density at radius 3 is 3.06 bits per heavy atom. The van der Waals surface area contributed by atoms with Crippen LogP contribution in [-0.2, 0) is 9.53 Å². The lowest BCUT2D eigenvalue weighted by molar-refractivity contribution is -0.115. The summed E-state index contributed by atoms with van der Waals surface area (Å²) in [7, 11) is 1.64. The minimum Gasteiger partial charge on any atom is -0.382 e. The van der Waals surface area contributed by atoms with Gasteiger partial charge >= 0.3 is 0 Å². The Bertz CT molecular complexity index is 443. The summed E-state index contributed by atoms with van der Waals surface area (Å²) in [5, 5.41) is 2.84. The zero-order chi connectivity index (χ0) is 12.3. The van der Waals surface area contributed by atoms with Gasteiger partial charge in [-0.3, -0.25) is 9.79 Å². The molecule has 1 unspecified atom stereocenters. The Kier molecular flexibility index (Phi) is 3.54. The standard InChI is InChI=1S/C13H16N2O2/c1-9(8-17-2)14-7-11-10-5-3-4-6-12(10)15-13(11)16/h3-7,9,11H,8H2,1-2H3,(H,15,16)/t9-,11?/m0/s1. The number of benzene rings is 1. The highest BCUT2D eigenvalue weighted by molar-refractivity contribution is 6.12. The van der Waals surface area contributed by atoms with Crippen molar-refractivity contribution in [3.63, 3.8) is 0 Å². The number of amides is 1. The molecule has 2 rings (SSSR count). The maximum Gasteiger partial charge on any atom is 0.237 e. The van der Waals surface area contributed by atoms with E-state index in [1.165, 1.54) is 0 Å². The average Bonchev–Trinajstić information content (AvgIpc) is 2.62. The number of nitrogens with one attached hydrogen (secondary N) is 1. The van der Waals surface area contributed by atoms with Crippen molar-refractivity contribution < 1.29 is 9.53 Å². The second-order valence-corrected chi connectivity index (χ2v) is 4.16. The van der Waals surface area contributed by atoms with Gasteiger partial charge in [0.25, 0.3) is 0 Å². The Morgan fingerprint density at radius 2 is 2.29 bits per heavy atom. The summed E-state index contributed by atoms with van der Waals surface area (Å²) in [5.74, 6) is -0.287. The van der Waals surface area contributed by atoms with Crippen molar-refractivity contribution >= 4 is 17.8 Å². The van der Waals surface area contributed by atoms with Crippen LogP contribution in [0.15, 0.2) is 29.3 Å². The van der Waals surface area contributed by atoms with Crippen LogP contribution in [0.25, 0.3) is 0 Å². The number of hydrogen-bond acceptors (Lipinski definition) is 3. The molecular formula is C13H16N2O2. The normalized spacial score (nSPS) is 20.4. The molecule has 1 amide bonds. The molecule has 1 aromatic carbocycles. The lowest BCUT2D eigenvalue weighted by Gasteiger charge is -2.06. The quantitative estimate of drug-likeness (QED) is 0.805. The molecule has 0 fully saturated rings. The molecule has 1 aliphatic rings. The van der Waals surface area contributed by atoms with Crippen LogP contribution in [0.5, 0.6) is 0 Å². The maximum atomic E-state index is 11.8. The first-order chi connectivity index (χ1) is 8.22. The molecule has 2 atom stereocenters. The molecular weight excluding hydrogens is 216 g/mol. The number of fused-ring (bicyclic) bond motifs is 1. The number of ether oxygens (including phenoxy) is 1. The van der Waals surface area contributed by atoms with Crippen LogP contribution >= 0.6 is 0 Å². The number of para-hydroxylation sites is 1. The largest absolute Gasteiger partial charge is 0.382 e. The third-order valence-electron chi connectivity index (χ3n) is 2.73. The van der Waals surface area contributed by atoms with Crippen LogP contribution < -0.4 is 5.32 Å². The van der Waals surface area contributed by atoms with E-state index >= 15 is 0 Å². The van der Waals surface area contributed by atoms with E-state index in [1.807, 2.05) is 31.2 Å². The van der Waals surface area contributed by atoms with Gasteiger partial charge in [0, 0.05) is 19.0 Å². The van der Waals surface area contributed by atoms with Crippen molar-refractivity contribution in [2.45, 2.75) is 18.9 Å². The fraction of sp³-hybridized carbons (Fsp3) is 0.385. The minimum absolute atomic E-state index is 0.0143. The predicted molar refractivity (Wildman–Crippen MR) is 67.6 cm³/mol. The molecule has 0 spiro atoms. The summed E-state index contributed by atoms with van der Waals surface area (Å²) in [4.78, 5) is 16.1. The molecule has 0 aromatic heterocycles. The van der Waals surface area contributed by atoms with Crippen LogP contribution in [0.3, 0.4) is 0 Å². The number of carbonyl (C=O) groups excluding carboxylic acids is 1. The molecule has 0 radical (unpaired) electrons. The Labute approximate surface area is 101 Å². The van der Waals surface area contributed by atoms with Crippen LogP contribution in [0.2, 0.25) is 0 Å². The van der Waals surface area contributed by atoms with Gasteiger partial charge < -0.3 is 10.1 Å². The number of anilines is 1. The smallest absolute Gasteiger partial charge is 0.237 e. The van der Waals surface area contributed by atoms with Gasteiger partial charge in [0.2, 0.25) is 5.91 Å². The fourth-order valence-electron chi connectivity index (χ4n) is 1.90. The molecule has 0 saturated carbocycles. The number of nitrogens with zero attached hydrogens (tertiary/aromatic N) is 1. The van der Waals surface area contributed by atoms with Crippen LogP contribution in [0.1, 0.15) is 18.4 Å². The summed E-state index contributed by atoms with van der Waals surface area (Å²) in [5.41, 5.74) is 1.87. The second kappa shape index (κ2) is 5.10.